The topological polar surface area (TPSA) is 61.1 Å². The number of nitriles is 1. The lowest BCUT2D eigenvalue weighted by Gasteiger charge is -2.17. The van der Waals surface area contributed by atoms with E-state index in [2.05, 4.69) is 0 Å². The van der Waals surface area contributed by atoms with Crippen molar-refractivity contribution >= 4 is 5.78 Å². The van der Waals surface area contributed by atoms with Crippen molar-refractivity contribution in [1.29, 1.82) is 5.26 Å². The summed E-state index contributed by atoms with van der Waals surface area (Å²) in [5.74, 6) is -0.380. The van der Waals surface area contributed by atoms with Crippen molar-refractivity contribution in [2.45, 2.75) is 40.5 Å². The van der Waals surface area contributed by atoms with Gasteiger partial charge in [-0.1, -0.05) is 27.7 Å². The molecule has 0 aliphatic heterocycles. The molecule has 84 valence electrons. The first-order valence-corrected chi connectivity index (χ1v) is 5.14. The van der Waals surface area contributed by atoms with E-state index in [1.54, 1.807) is 0 Å². The number of aliphatic hydroxyl groups excluding tert-OH is 1. The predicted molar refractivity (Wildman–Crippen MR) is 59.2 cm³/mol. The third kappa shape index (κ3) is 4.64. The molecule has 0 saturated carbocycles. The monoisotopic (exact) mass is 209 g/mol. The molecule has 0 rings (SSSR count). The van der Waals surface area contributed by atoms with E-state index >= 15 is 0 Å². The summed E-state index contributed by atoms with van der Waals surface area (Å²) in [7, 11) is 0. The zero-order valence-electron chi connectivity index (χ0n) is 9.87. The number of rotatable bonds is 4. The Hall–Kier alpha value is -1.30. The zero-order valence-corrected chi connectivity index (χ0v) is 9.87. The van der Waals surface area contributed by atoms with Gasteiger partial charge in [-0.3, -0.25) is 4.79 Å². The van der Waals surface area contributed by atoms with E-state index in [1.807, 2.05) is 33.8 Å². The second-order valence-electron chi connectivity index (χ2n) is 4.65. The van der Waals surface area contributed by atoms with Crippen molar-refractivity contribution in [3.63, 3.8) is 0 Å². The fraction of sp³-hybridized carbons (Fsp3) is 0.667. The summed E-state index contributed by atoms with van der Waals surface area (Å²) in [6.45, 7) is 7.36. The average molecular weight is 209 g/mol. The highest BCUT2D eigenvalue weighted by molar-refractivity contribution is 5.92. The highest BCUT2D eigenvalue weighted by atomic mass is 16.3. The standard InChI is InChI=1S/C12H19NO2/c1-5-9(6-7-13)10(14)8-11(15)12(2,3)4/h8-9,15H,5-6H2,1-4H3/b11-8-. The number of hydrogen-bond acceptors (Lipinski definition) is 3. The number of hydrogen-bond donors (Lipinski definition) is 1. The Morgan fingerprint density at radius 1 is 1.53 bits per heavy atom. The normalized spacial score (nSPS) is 14.5. The molecule has 0 heterocycles. The first-order valence-electron chi connectivity index (χ1n) is 5.14. The molecule has 0 saturated heterocycles. The van der Waals surface area contributed by atoms with Gasteiger partial charge in [-0.15, -0.1) is 0 Å². The average Bonchev–Trinajstić information content (AvgIpc) is 2.12. The molecule has 1 N–H and O–H groups in total. The number of ketones is 1. The van der Waals surface area contributed by atoms with Gasteiger partial charge in [0.1, 0.15) is 5.76 Å². The zero-order chi connectivity index (χ0) is 12.1. The Labute approximate surface area is 91.4 Å². The maximum atomic E-state index is 11.6. The number of nitrogens with zero attached hydrogens (tertiary/aromatic N) is 1. The van der Waals surface area contributed by atoms with Crippen molar-refractivity contribution in [2.24, 2.45) is 11.3 Å². The summed E-state index contributed by atoms with van der Waals surface area (Å²) in [6.07, 6.45) is 2.09. The molecule has 0 aliphatic carbocycles. The van der Waals surface area contributed by atoms with Crippen molar-refractivity contribution in [3.8, 4) is 6.07 Å². The molecule has 0 fully saturated rings. The quantitative estimate of drug-likeness (QED) is 0.572. The first kappa shape index (κ1) is 13.7. The highest BCUT2D eigenvalue weighted by Crippen LogP contribution is 2.23. The van der Waals surface area contributed by atoms with Gasteiger partial charge in [-0.2, -0.15) is 5.26 Å². The van der Waals surface area contributed by atoms with Gasteiger partial charge < -0.3 is 5.11 Å². The molecule has 0 amide bonds. The smallest absolute Gasteiger partial charge is 0.163 e. The van der Waals surface area contributed by atoms with Crippen LogP contribution in [0.5, 0.6) is 0 Å². The first-order chi connectivity index (χ1) is 6.82. The van der Waals surface area contributed by atoms with E-state index in [9.17, 15) is 9.90 Å². The van der Waals surface area contributed by atoms with Crippen LogP contribution in [0.2, 0.25) is 0 Å². The SMILES string of the molecule is CCC(CC#N)C(=O)/C=C(\O)C(C)(C)C. The fourth-order valence-electron chi connectivity index (χ4n) is 1.03. The van der Waals surface area contributed by atoms with E-state index in [0.29, 0.717) is 6.42 Å². The lowest BCUT2D eigenvalue weighted by Crippen LogP contribution is -2.15. The Morgan fingerprint density at radius 2 is 2.07 bits per heavy atom. The highest BCUT2D eigenvalue weighted by Gasteiger charge is 2.20. The van der Waals surface area contributed by atoms with Crippen LogP contribution in [-0.2, 0) is 4.79 Å². The van der Waals surface area contributed by atoms with Crippen molar-refractivity contribution in [1.82, 2.24) is 0 Å². The van der Waals surface area contributed by atoms with E-state index < -0.39 is 5.41 Å². The summed E-state index contributed by atoms with van der Waals surface area (Å²) in [6, 6.07) is 1.98. The van der Waals surface area contributed by atoms with Crippen LogP contribution >= 0.6 is 0 Å². The fourth-order valence-corrected chi connectivity index (χ4v) is 1.03. The Morgan fingerprint density at radius 3 is 2.40 bits per heavy atom. The second-order valence-corrected chi connectivity index (χ2v) is 4.65. The number of aliphatic hydroxyl groups is 1. The molecule has 3 nitrogen and oxygen atoms in total. The molecule has 0 spiro atoms. The summed E-state index contributed by atoms with van der Waals surface area (Å²) < 4.78 is 0. The van der Waals surface area contributed by atoms with Gasteiger partial charge in [0.05, 0.1) is 6.07 Å². The van der Waals surface area contributed by atoms with E-state index in [4.69, 9.17) is 5.26 Å². The predicted octanol–water partition coefficient (Wildman–Crippen LogP) is 2.98. The Kier molecular flexibility index (Phi) is 5.07. The van der Waals surface area contributed by atoms with Gasteiger partial charge in [0, 0.05) is 23.8 Å². The van der Waals surface area contributed by atoms with Gasteiger partial charge in [-0.05, 0) is 6.42 Å². The van der Waals surface area contributed by atoms with Crippen LogP contribution in [0.15, 0.2) is 11.8 Å². The third-order valence-electron chi connectivity index (χ3n) is 2.28. The minimum absolute atomic E-state index is 0.0730. The van der Waals surface area contributed by atoms with Gasteiger partial charge >= 0.3 is 0 Å². The van der Waals surface area contributed by atoms with Crippen molar-refractivity contribution in [2.75, 3.05) is 0 Å². The molecule has 0 aromatic heterocycles. The van der Waals surface area contributed by atoms with Crippen LogP contribution in [0.1, 0.15) is 40.5 Å². The molecular formula is C12H19NO2. The van der Waals surface area contributed by atoms with Crippen LogP contribution in [-0.4, -0.2) is 10.9 Å². The van der Waals surface area contributed by atoms with Crippen LogP contribution in [0, 0.1) is 22.7 Å². The van der Waals surface area contributed by atoms with Crippen molar-refractivity contribution < 1.29 is 9.90 Å². The minimum Gasteiger partial charge on any atom is -0.512 e. The maximum Gasteiger partial charge on any atom is 0.163 e. The molecule has 0 aromatic rings. The molecule has 0 aliphatic rings. The van der Waals surface area contributed by atoms with E-state index in [0.717, 1.165) is 0 Å². The van der Waals surface area contributed by atoms with Crippen LogP contribution in [0.25, 0.3) is 0 Å². The van der Waals surface area contributed by atoms with E-state index in [-0.39, 0.29) is 23.9 Å². The molecule has 0 radical (unpaired) electrons. The van der Waals surface area contributed by atoms with Gasteiger partial charge in [-0.25, -0.2) is 0 Å². The maximum absolute atomic E-state index is 11.6. The third-order valence-corrected chi connectivity index (χ3v) is 2.28. The molecule has 15 heavy (non-hydrogen) atoms. The summed E-state index contributed by atoms with van der Waals surface area (Å²) in [4.78, 5) is 11.6. The largest absolute Gasteiger partial charge is 0.512 e. The molecular weight excluding hydrogens is 190 g/mol. The molecule has 1 unspecified atom stereocenters. The van der Waals surface area contributed by atoms with Crippen LogP contribution in [0.3, 0.4) is 0 Å². The number of carbonyl (C=O) groups excluding carboxylic acids is 1. The van der Waals surface area contributed by atoms with Crippen molar-refractivity contribution in [3.05, 3.63) is 11.8 Å². The van der Waals surface area contributed by atoms with Gasteiger partial charge in [0.2, 0.25) is 0 Å². The summed E-state index contributed by atoms with van der Waals surface area (Å²) in [5.41, 5.74) is -0.416. The van der Waals surface area contributed by atoms with Gasteiger partial charge in [0.15, 0.2) is 5.78 Å². The molecule has 1 atom stereocenters. The lowest BCUT2D eigenvalue weighted by atomic mass is 9.90. The molecule has 3 heteroatoms. The summed E-state index contributed by atoms with van der Waals surface area (Å²) >= 11 is 0. The molecule has 0 bridgehead atoms. The lowest BCUT2D eigenvalue weighted by molar-refractivity contribution is -0.118. The van der Waals surface area contributed by atoms with E-state index in [1.165, 1.54) is 6.08 Å². The Balaban J connectivity index is 4.67. The minimum atomic E-state index is -0.416. The van der Waals surface area contributed by atoms with Crippen LogP contribution < -0.4 is 0 Å². The number of allylic oxidation sites excluding steroid dienone is 2. The number of carbonyl (C=O) groups is 1. The molecule has 0 aromatic carbocycles. The Bertz CT molecular complexity index is 292. The second kappa shape index (κ2) is 5.55. The van der Waals surface area contributed by atoms with Gasteiger partial charge in [0.25, 0.3) is 0 Å². The summed E-state index contributed by atoms with van der Waals surface area (Å²) in [5, 5.41) is 18.2. The van der Waals surface area contributed by atoms with Crippen LogP contribution in [0.4, 0.5) is 0 Å².